The Kier molecular flexibility index (Phi) is 7.11. The molecule has 11 nitrogen and oxygen atoms in total. The fourth-order valence-corrected chi connectivity index (χ4v) is 2.31. The predicted molar refractivity (Wildman–Crippen MR) is 94.8 cm³/mol. The normalized spacial score (nSPS) is 24.4. The molecule has 2 rings (SSSR count). The predicted octanol–water partition coefficient (Wildman–Crippen LogP) is -0.412. The Morgan fingerprint density at radius 3 is 2.43 bits per heavy atom. The first-order chi connectivity index (χ1) is 13.1. The Hall–Kier alpha value is -2.50. The molecule has 0 spiro atoms. The molecule has 1 aliphatic heterocycles. The molecule has 1 saturated heterocycles. The Labute approximate surface area is 161 Å². The van der Waals surface area contributed by atoms with Gasteiger partial charge in [0.05, 0.1) is 11.8 Å². The van der Waals surface area contributed by atoms with Crippen LogP contribution in [0.5, 0.6) is 0 Å². The Balaban J connectivity index is 2.05. The van der Waals surface area contributed by atoms with Crippen LogP contribution in [0.2, 0.25) is 0 Å². The molecule has 3 N–H and O–H groups in total. The first-order valence-corrected chi connectivity index (χ1v) is 8.86. The summed E-state index contributed by atoms with van der Waals surface area (Å²) in [7, 11) is 0. The zero-order valence-corrected chi connectivity index (χ0v) is 16.1. The Morgan fingerprint density at radius 1 is 1.21 bits per heavy atom. The van der Waals surface area contributed by atoms with Crippen molar-refractivity contribution in [3.05, 3.63) is 22.7 Å². The first-order valence-electron chi connectivity index (χ1n) is 8.86. The van der Waals surface area contributed by atoms with Gasteiger partial charge in [-0.25, -0.2) is 15.1 Å². The third-order valence-corrected chi connectivity index (χ3v) is 4.03. The number of nitrogens with one attached hydrogen (secondary N) is 1. The minimum Gasteiger partial charge on any atom is -0.463 e. The van der Waals surface area contributed by atoms with Gasteiger partial charge in [0.1, 0.15) is 24.9 Å². The monoisotopic (exact) mass is 399 g/mol. The number of rotatable bonds is 7. The quantitative estimate of drug-likeness (QED) is 0.408. The zero-order valence-electron chi connectivity index (χ0n) is 16.1. The van der Waals surface area contributed by atoms with Crippen LogP contribution in [0.15, 0.2) is 17.1 Å². The lowest BCUT2D eigenvalue weighted by molar-refractivity contribution is -0.153. The standard InChI is InChI=1S/C17H25N3O8/c1-8(2)15(23)26-7-10-12(21)13(22)14(27-10)20-6-5-11(18-17(20)25)19-28-16(24)9(3)4/h5-6,8-10,12-14,21-22H,7H2,1-4H3,(H,18,19,25)/t10-,12-,13-,14-/m1/s1. The first kappa shape index (κ1) is 21.8. The fraction of sp³-hybridized carbons (Fsp3) is 0.647. The van der Waals surface area contributed by atoms with Gasteiger partial charge in [-0.1, -0.05) is 27.7 Å². The van der Waals surface area contributed by atoms with Gasteiger partial charge in [-0.2, -0.15) is 4.98 Å². The smallest absolute Gasteiger partial charge is 0.351 e. The van der Waals surface area contributed by atoms with Crippen LogP contribution >= 0.6 is 0 Å². The van der Waals surface area contributed by atoms with Crippen molar-refractivity contribution in [3.63, 3.8) is 0 Å². The van der Waals surface area contributed by atoms with Crippen molar-refractivity contribution in [1.29, 1.82) is 0 Å². The van der Waals surface area contributed by atoms with Gasteiger partial charge < -0.3 is 24.5 Å². The highest BCUT2D eigenvalue weighted by atomic mass is 16.7. The number of aliphatic hydroxyl groups excluding tert-OH is 2. The van der Waals surface area contributed by atoms with E-state index >= 15 is 0 Å². The number of anilines is 1. The molecule has 0 saturated carbocycles. The lowest BCUT2D eigenvalue weighted by Gasteiger charge is -2.17. The van der Waals surface area contributed by atoms with E-state index in [2.05, 4.69) is 10.5 Å². The van der Waals surface area contributed by atoms with Crippen molar-refractivity contribution in [1.82, 2.24) is 9.55 Å². The van der Waals surface area contributed by atoms with Crippen LogP contribution < -0.4 is 11.2 Å². The summed E-state index contributed by atoms with van der Waals surface area (Å²) < 4.78 is 11.5. The second kappa shape index (κ2) is 9.13. The van der Waals surface area contributed by atoms with Crippen molar-refractivity contribution in [3.8, 4) is 0 Å². The van der Waals surface area contributed by atoms with E-state index in [4.69, 9.17) is 14.3 Å². The van der Waals surface area contributed by atoms with Gasteiger partial charge in [-0.15, -0.1) is 0 Å². The molecule has 11 heteroatoms. The number of hydrogen-bond donors (Lipinski definition) is 3. The van der Waals surface area contributed by atoms with Crippen molar-refractivity contribution in [2.75, 3.05) is 12.1 Å². The topological polar surface area (TPSA) is 149 Å². The maximum absolute atomic E-state index is 12.2. The van der Waals surface area contributed by atoms with Crippen LogP contribution in [0.1, 0.15) is 33.9 Å². The number of carbonyl (C=O) groups excluding carboxylic acids is 2. The van der Waals surface area contributed by atoms with E-state index in [-0.39, 0.29) is 24.3 Å². The molecule has 0 aromatic carbocycles. The molecule has 0 aliphatic carbocycles. The number of nitrogens with zero attached hydrogens (tertiary/aromatic N) is 2. The van der Waals surface area contributed by atoms with E-state index in [1.807, 2.05) is 0 Å². The summed E-state index contributed by atoms with van der Waals surface area (Å²) in [6.45, 7) is 6.35. The molecular formula is C17H25N3O8. The van der Waals surface area contributed by atoms with Crippen LogP contribution in [-0.4, -0.2) is 56.6 Å². The number of hydrogen-bond acceptors (Lipinski definition) is 10. The van der Waals surface area contributed by atoms with Gasteiger partial charge >= 0.3 is 17.6 Å². The summed E-state index contributed by atoms with van der Waals surface area (Å²) in [5, 5.41) is 20.3. The number of carbonyl (C=O) groups is 2. The molecule has 1 aromatic rings. The van der Waals surface area contributed by atoms with Gasteiger partial charge in [0.2, 0.25) is 0 Å². The average molecular weight is 399 g/mol. The summed E-state index contributed by atoms with van der Waals surface area (Å²) in [6.07, 6.45) is -3.74. The van der Waals surface area contributed by atoms with E-state index in [9.17, 15) is 24.6 Å². The highest BCUT2D eigenvalue weighted by Gasteiger charge is 2.44. The van der Waals surface area contributed by atoms with Gasteiger partial charge in [0.15, 0.2) is 12.0 Å². The maximum atomic E-state index is 12.2. The summed E-state index contributed by atoms with van der Waals surface area (Å²) in [5.41, 5.74) is 1.47. The average Bonchev–Trinajstić information content (AvgIpc) is 2.92. The Bertz CT molecular complexity index is 763. The number of esters is 1. The van der Waals surface area contributed by atoms with Crippen molar-refractivity contribution in [2.24, 2.45) is 11.8 Å². The van der Waals surface area contributed by atoms with Crippen LogP contribution in [0.3, 0.4) is 0 Å². The summed E-state index contributed by atoms with van der Waals surface area (Å²) in [4.78, 5) is 43.7. The van der Waals surface area contributed by atoms with Crippen LogP contribution in [-0.2, 0) is 23.9 Å². The highest BCUT2D eigenvalue weighted by molar-refractivity contribution is 5.72. The molecule has 1 aromatic heterocycles. The van der Waals surface area contributed by atoms with Gasteiger partial charge in [-0.3, -0.25) is 9.36 Å². The molecule has 0 radical (unpaired) electrons. The third-order valence-electron chi connectivity index (χ3n) is 4.03. The second-order valence-electron chi connectivity index (χ2n) is 7.01. The van der Waals surface area contributed by atoms with Crippen LogP contribution in [0.25, 0.3) is 0 Å². The molecule has 0 unspecified atom stereocenters. The molecule has 28 heavy (non-hydrogen) atoms. The van der Waals surface area contributed by atoms with Crippen LogP contribution in [0, 0.1) is 11.8 Å². The molecule has 1 fully saturated rings. The van der Waals surface area contributed by atoms with E-state index < -0.39 is 42.2 Å². The Morgan fingerprint density at radius 2 is 1.86 bits per heavy atom. The summed E-state index contributed by atoms with van der Waals surface area (Å²) in [6, 6.07) is 1.34. The summed E-state index contributed by atoms with van der Waals surface area (Å²) >= 11 is 0. The van der Waals surface area contributed by atoms with Crippen molar-refractivity contribution < 1.29 is 34.1 Å². The second-order valence-corrected chi connectivity index (χ2v) is 7.01. The molecule has 2 heterocycles. The largest absolute Gasteiger partial charge is 0.463 e. The van der Waals surface area contributed by atoms with E-state index in [1.54, 1.807) is 27.7 Å². The SMILES string of the molecule is CC(C)C(=O)OC[C@H]1O[C@@H](n2ccc(NOC(=O)C(C)C)nc2=O)[C@H](O)[C@@H]1O. The molecule has 0 amide bonds. The van der Waals surface area contributed by atoms with Crippen molar-refractivity contribution >= 4 is 17.8 Å². The molecule has 4 atom stereocenters. The summed E-state index contributed by atoms with van der Waals surface area (Å²) in [5.74, 6) is -1.72. The van der Waals surface area contributed by atoms with E-state index in [1.165, 1.54) is 12.3 Å². The minimum absolute atomic E-state index is 0.00861. The van der Waals surface area contributed by atoms with Gasteiger partial charge in [0, 0.05) is 12.3 Å². The highest BCUT2D eigenvalue weighted by Crippen LogP contribution is 2.28. The van der Waals surface area contributed by atoms with Crippen LogP contribution in [0.4, 0.5) is 5.82 Å². The molecule has 156 valence electrons. The lowest BCUT2D eigenvalue weighted by atomic mass is 10.1. The number of aliphatic hydroxyl groups is 2. The molecule has 0 bridgehead atoms. The number of ether oxygens (including phenoxy) is 2. The van der Waals surface area contributed by atoms with Gasteiger partial charge in [-0.05, 0) is 0 Å². The zero-order chi connectivity index (χ0) is 21.0. The molecular weight excluding hydrogens is 374 g/mol. The maximum Gasteiger partial charge on any atom is 0.351 e. The van der Waals surface area contributed by atoms with Crippen molar-refractivity contribution in [2.45, 2.75) is 52.2 Å². The third kappa shape index (κ3) is 5.06. The minimum atomic E-state index is -1.43. The molecule has 1 aliphatic rings. The number of aromatic nitrogens is 2. The lowest BCUT2D eigenvalue weighted by Crippen LogP contribution is -2.36. The van der Waals surface area contributed by atoms with Gasteiger partial charge in [0.25, 0.3) is 0 Å². The van der Waals surface area contributed by atoms with E-state index in [0.29, 0.717) is 0 Å². The fourth-order valence-electron chi connectivity index (χ4n) is 2.31. The van der Waals surface area contributed by atoms with E-state index in [0.717, 1.165) is 4.57 Å².